The monoisotopic (exact) mass is 307 g/mol. The van der Waals surface area contributed by atoms with Crippen molar-refractivity contribution in [2.75, 3.05) is 12.3 Å². The lowest BCUT2D eigenvalue weighted by Crippen LogP contribution is -2.26. The molecule has 1 aromatic heterocycles. The van der Waals surface area contributed by atoms with E-state index in [4.69, 9.17) is 0 Å². The van der Waals surface area contributed by atoms with Gasteiger partial charge >= 0.3 is 0 Å². The van der Waals surface area contributed by atoms with Crippen molar-refractivity contribution in [3.8, 4) is 11.4 Å². The topological polar surface area (TPSA) is 92.9 Å². The molecule has 2 rings (SSSR count). The summed E-state index contributed by atoms with van der Waals surface area (Å²) in [6.45, 7) is 2.77. The van der Waals surface area contributed by atoms with Crippen LogP contribution >= 0.6 is 11.8 Å². The van der Waals surface area contributed by atoms with Gasteiger partial charge in [0.2, 0.25) is 11.1 Å². The number of rotatable bonds is 7. The van der Waals surface area contributed by atoms with Crippen molar-refractivity contribution in [2.45, 2.75) is 24.9 Å². The summed E-state index contributed by atoms with van der Waals surface area (Å²) in [5.74, 6) is 0.410. The minimum atomic E-state index is -0.0336. The lowest BCUT2D eigenvalue weighted by Gasteiger charge is -2.05. The third-order valence-corrected chi connectivity index (χ3v) is 3.64. The first-order valence-electron chi connectivity index (χ1n) is 6.68. The molecule has 2 aromatic rings. The number of tetrazole rings is 1. The minimum absolute atomic E-state index is 0.0336. The summed E-state index contributed by atoms with van der Waals surface area (Å²) in [6.07, 6.45) is 2.02. The Morgan fingerprint density at radius 3 is 2.86 bits per heavy atom. The van der Waals surface area contributed by atoms with E-state index < -0.39 is 0 Å². The highest BCUT2D eigenvalue weighted by atomic mass is 32.2. The number of hydrogen-bond acceptors (Lipinski definition) is 6. The maximum absolute atomic E-state index is 11.7. The molecule has 21 heavy (non-hydrogen) atoms. The second kappa shape index (κ2) is 7.63. The second-order valence-corrected chi connectivity index (χ2v) is 5.32. The number of hydrogen-bond donors (Lipinski definition) is 2. The Balaban J connectivity index is 1.94. The van der Waals surface area contributed by atoms with Crippen LogP contribution in [0.1, 0.15) is 19.8 Å². The third kappa shape index (κ3) is 4.45. The van der Waals surface area contributed by atoms with Crippen molar-refractivity contribution in [1.29, 1.82) is 0 Å². The molecule has 0 radical (unpaired) electrons. The summed E-state index contributed by atoms with van der Waals surface area (Å²) in [5.41, 5.74) is 0.728. The first kappa shape index (κ1) is 15.3. The first-order valence-corrected chi connectivity index (χ1v) is 7.66. The normalized spacial score (nSPS) is 10.5. The zero-order valence-electron chi connectivity index (χ0n) is 11.7. The van der Waals surface area contributed by atoms with E-state index in [0.29, 0.717) is 11.7 Å². The molecule has 112 valence electrons. The molecule has 1 heterocycles. The Kier molecular flexibility index (Phi) is 5.56. The summed E-state index contributed by atoms with van der Waals surface area (Å²) in [7, 11) is 0. The third-order valence-electron chi connectivity index (χ3n) is 2.72. The van der Waals surface area contributed by atoms with Crippen LogP contribution in [0.2, 0.25) is 0 Å². The van der Waals surface area contributed by atoms with E-state index in [-0.39, 0.29) is 17.4 Å². The number of phenols is 1. The molecule has 8 heteroatoms. The molecule has 0 atom stereocenters. The van der Waals surface area contributed by atoms with Gasteiger partial charge in [0.25, 0.3) is 0 Å². The summed E-state index contributed by atoms with van der Waals surface area (Å²) >= 11 is 1.27. The number of carbonyl (C=O) groups is 1. The van der Waals surface area contributed by atoms with Crippen LogP contribution in [0.4, 0.5) is 0 Å². The van der Waals surface area contributed by atoms with Crippen molar-refractivity contribution in [3.63, 3.8) is 0 Å². The minimum Gasteiger partial charge on any atom is -0.508 e. The van der Waals surface area contributed by atoms with Gasteiger partial charge in [-0.2, -0.15) is 4.68 Å². The molecule has 2 N–H and O–H groups in total. The van der Waals surface area contributed by atoms with E-state index in [1.54, 1.807) is 24.3 Å². The van der Waals surface area contributed by atoms with Crippen LogP contribution < -0.4 is 5.32 Å². The van der Waals surface area contributed by atoms with Crippen molar-refractivity contribution >= 4 is 17.7 Å². The summed E-state index contributed by atoms with van der Waals surface area (Å²) in [5, 5.41) is 24.1. The van der Waals surface area contributed by atoms with E-state index in [0.717, 1.165) is 18.5 Å². The van der Waals surface area contributed by atoms with Crippen molar-refractivity contribution in [3.05, 3.63) is 24.3 Å². The van der Waals surface area contributed by atoms with Crippen LogP contribution in [0.15, 0.2) is 29.4 Å². The molecule has 0 fully saturated rings. The van der Waals surface area contributed by atoms with Gasteiger partial charge in [-0.15, -0.1) is 5.10 Å². The lowest BCUT2D eigenvalue weighted by atomic mass is 10.3. The van der Waals surface area contributed by atoms with Crippen LogP contribution in [0.25, 0.3) is 5.69 Å². The number of phenolic OH excluding ortho intramolecular Hbond substituents is 1. The average molecular weight is 307 g/mol. The van der Waals surface area contributed by atoms with E-state index in [1.807, 2.05) is 0 Å². The summed E-state index contributed by atoms with van der Waals surface area (Å²) < 4.78 is 1.53. The molecule has 7 nitrogen and oxygen atoms in total. The predicted octanol–water partition coefficient (Wildman–Crippen LogP) is 1.38. The van der Waals surface area contributed by atoms with Gasteiger partial charge in [-0.25, -0.2) is 0 Å². The predicted molar refractivity (Wildman–Crippen MR) is 79.5 cm³/mol. The number of nitrogens with one attached hydrogen (secondary N) is 1. The number of benzene rings is 1. The van der Waals surface area contributed by atoms with Gasteiger partial charge in [0.05, 0.1) is 11.4 Å². The van der Waals surface area contributed by atoms with Gasteiger partial charge in [0, 0.05) is 6.54 Å². The van der Waals surface area contributed by atoms with Crippen LogP contribution in [0, 0.1) is 0 Å². The quantitative estimate of drug-likeness (QED) is 0.593. The number of nitrogens with zero attached hydrogens (tertiary/aromatic N) is 4. The smallest absolute Gasteiger partial charge is 0.230 e. The molecule has 0 aliphatic carbocycles. The molecule has 1 aromatic carbocycles. The van der Waals surface area contributed by atoms with Crippen molar-refractivity contribution in [1.82, 2.24) is 25.5 Å². The standard InChI is InChI=1S/C13H17N5O2S/c1-2-3-8-14-12(20)9-21-13-15-16-17-18(13)10-4-6-11(19)7-5-10/h4-7,19H,2-3,8-9H2,1H3,(H,14,20). The Labute approximate surface area is 126 Å². The average Bonchev–Trinajstić information content (AvgIpc) is 2.95. The molecule has 0 aliphatic rings. The fourth-order valence-electron chi connectivity index (χ4n) is 1.61. The largest absolute Gasteiger partial charge is 0.508 e. The van der Waals surface area contributed by atoms with Crippen LogP contribution in [-0.4, -0.2) is 43.5 Å². The van der Waals surface area contributed by atoms with E-state index >= 15 is 0 Å². The van der Waals surface area contributed by atoms with Gasteiger partial charge in [-0.05, 0) is 41.1 Å². The molecule has 0 saturated carbocycles. The second-order valence-electron chi connectivity index (χ2n) is 4.38. The van der Waals surface area contributed by atoms with Crippen molar-refractivity contribution < 1.29 is 9.90 Å². The van der Waals surface area contributed by atoms with E-state index in [2.05, 4.69) is 27.8 Å². The highest BCUT2D eigenvalue weighted by Crippen LogP contribution is 2.19. The zero-order valence-corrected chi connectivity index (χ0v) is 12.5. The number of aromatic nitrogens is 4. The van der Waals surface area contributed by atoms with Crippen molar-refractivity contribution in [2.24, 2.45) is 0 Å². The summed E-state index contributed by atoms with van der Waals surface area (Å²) in [4.78, 5) is 11.7. The molecular formula is C13H17N5O2S. The highest BCUT2D eigenvalue weighted by molar-refractivity contribution is 7.99. The lowest BCUT2D eigenvalue weighted by molar-refractivity contribution is -0.118. The summed E-state index contributed by atoms with van der Waals surface area (Å²) in [6, 6.07) is 6.53. The Hall–Kier alpha value is -2.09. The number of carbonyl (C=O) groups excluding carboxylic acids is 1. The molecule has 0 saturated heterocycles. The maximum Gasteiger partial charge on any atom is 0.230 e. The van der Waals surface area contributed by atoms with Crippen LogP contribution in [0.5, 0.6) is 5.75 Å². The van der Waals surface area contributed by atoms with Crippen LogP contribution in [-0.2, 0) is 4.79 Å². The number of unbranched alkanes of at least 4 members (excludes halogenated alkanes) is 1. The fourth-order valence-corrected chi connectivity index (χ4v) is 2.33. The van der Waals surface area contributed by atoms with E-state index in [9.17, 15) is 9.90 Å². The molecule has 0 aliphatic heterocycles. The van der Waals surface area contributed by atoms with E-state index in [1.165, 1.54) is 16.4 Å². The molecule has 0 unspecified atom stereocenters. The highest BCUT2D eigenvalue weighted by Gasteiger charge is 2.11. The first-order chi connectivity index (χ1) is 10.2. The zero-order chi connectivity index (χ0) is 15.1. The number of aromatic hydroxyl groups is 1. The maximum atomic E-state index is 11.7. The van der Waals surface area contributed by atoms with Gasteiger partial charge in [-0.3, -0.25) is 4.79 Å². The molecule has 1 amide bonds. The number of amides is 1. The van der Waals surface area contributed by atoms with Gasteiger partial charge in [0.15, 0.2) is 0 Å². The van der Waals surface area contributed by atoms with Gasteiger partial charge in [0.1, 0.15) is 5.75 Å². The van der Waals surface area contributed by atoms with Gasteiger partial charge in [-0.1, -0.05) is 25.1 Å². The molecule has 0 bridgehead atoms. The SMILES string of the molecule is CCCCNC(=O)CSc1nnnn1-c1ccc(O)cc1. The van der Waals surface area contributed by atoms with Crippen LogP contribution in [0.3, 0.4) is 0 Å². The Morgan fingerprint density at radius 1 is 1.38 bits per heavy atom. The van der Waals surface area contributed by atoms with Gasteiger partial charge < -0.3 is 10.4 Å². The Bertz CT molecular complexity index is 585. The Morgan fingerprint density at radius 2 is 2.14 bits per heavy atom. The number of thioether (sulfide) groups is 1. The molecule has 0 spiro atoms. The molecular weight excluding hydrogens is 290 g/mol. The fraction of sp³-hybridized carbons (Fsp3) is 0.385.